The zero-order chi connectivity index (χ0) is 57.3. The van der Waals surface area contributed by atoms with Gasteiger partial charge in [-0.3, -0.25) is 0 Å². The summed E-state index contributed by atoms with van der Waals surface area (Å²) in [5.74, 6) is 0.398. The van der Waals surface area contributed by atoms with Crippen LogP contribution in [0.3, 0.4) is 0 Å². The number of alkyl halides is 6. The molecule has 3 saturated heterocycles. The van der Waals surface area contributed by atoms with E-state index >= 15 is 0 Å². The summed E-state index contributed by atoms with van der Waals surface area (Å²) in [6.45, 7) is 24.9. The molecule has 426 valence electrons. The van der Waals surface area contributed by atoms with Crippen molar-refractivity contribution >= 4 is 35.6 Å². The van der Waals surface area contributed by atoms with E-state index in [0.717, 1.165) is 38.5 Å². The molecule has 0 aliphatic carbocycles. The molecule has 3 aliphatic rings. The van der Waals surface area contributed by atoms with E-state index in [4.69, 9.17) is 14.2 Å². The van der Waals surface area contributed by atoms with Crippen LogP contribution in [0, 0.1) is 0 Å². The summed E-state index contributed by atoms with van der Waals surface area (Å²) in [5, 5.41) is 12.4. The largest absolute Gasteiger partial charge is 0.444 e. The van der Waals surface area contributed by atoms with Gasteiger partial charge < -0.3 is 28.9 Å². The van der Waals surface area contributed by atoms with Crippen LogP contribution < -0.4 is 0 Å². The van der Waals surface area contributed by atoms with Gasteiger partial charge in [-0.25, -0.2) is 69.2 Å². The molecule has 27 heteroatoms. The second-order valence-electron chi connectivity index (χ2n) is 23.7. The molecule has 0 N–H and O–H groups in total. The van der Waals surface area contributed by atoms with Crippen molar-refractivity contribution in [2.45, 2.75) is 174 Å². The Morgan fingerprint density at radius 3 is 0.923 bits per heavy atom. The Balaban J connectivity index is 0.000000170. The van der Waals surface area contributed by atoms with Gasteiger partial charge in [-0.15, -0.1) is 0 Å². The fraction of sp³-hybridized carbons (Fsp3) is 0.647. The maximum absolute atomic E-state index is 13.3. The predicted molar refractivity (Wildman–Crippen MR) is 270 cm³/mol. The molecule has 6 aromatic rings. The normalized spacial score (nSPS) is 21.4. The van der Waals surface area contributed by atoms with Gasteiger partial charge in [0.2, 0.25) is 0 Å². The first-order chi connectivity index (χ1) is 36.3. The summed E-state index contributed by atoms with van der Waals surface area (Å²) in [7, 11) is 0. The molecule has 3 atom stereocenters. The molecule has 1 unspecified atom stereocenters. The van der Waals surface area contributed by atoms with Crippen LogP contribution in [0.2, 0.25) is 0 Å². The first-order valence-electron chi connectivity index (χ1n) is 25.7. The molecule has 9 rings (SSSR count). The Morgan fingerprint density at radius 2 is 0.705 bits per heavy atom. The lowest BCUT2D eigenvalue weighted by Crippen LogP contribution is -2.49. The minimum atomic E-state index is -2.70. The Hall–Kier alpha value is -6.96. The van der Waals surface area contributed by atoms with Crippen LogP contribution >= 0.6 is 0 Å². The average Bonchev–Trinajstić information content (AvgIpc) is 4.14. The van der Waals surface area contributed by atoms with Gasteiger partial charge in [-0.05, 0) is 119 Å². The minimum Gasteiger partial charge on any atom is -0.444 e. The molecule has 3 amide bonds. The number of likely N-dealkylation sites (tertiary alicyclic amines) is 3. The quantitative estimate of drug-likeness (QED) is 0.112. The highest BCUT2D eigenvalue weighted by atomic mass is 19.3. The van der Waals surface area contributed by atoms with Gasteiger partial charge in [0, 0.05) is 55.5 Å². The van der Waals surface area contributed by atoms with Crippen LogP contribution in [0.1, 0.15) is 175 Å². The molecule has 6 aromatic heterocycles. The Bertz CT molecular complexity index is 2770. The van der Waals surface area contributed by atoms with Gasteiger partial charge in [0.15, 0.2) is 0 Å². The fourth-order valence-electron chi connectivity index (χ4n) is 9.91. The highest BCUT2D eigenvalue weighted by Crippen LogP contribution is 2.39. The average molecular weight is 1100 g/mol. The van der Waals surface area contributed by atoms with Gasteiger partial charge in [0.25, 0.3) is 36.6 Å². The van der Waals surface area contributed by atoms with E-state index in [-0.39, 0.29) is 34.4 Å². The van der Waals surface area contributed by atoms with Crippen molar-refractivity contribution in [2.75, 3.05) is 39.3 Å². The number of hydrogen-bond donors (Lipinski definition) is 0. The van der Waals surface area contributed by atoms with Crippen LogP contribution in [-0.4, -0.2) is 148 Å². The monoisotopic (exact) mass is 1100 g/mol. The molecule has 0 radical (unpaired) electrons. The highest BCUT2D eigenvalue weighted by Gasteiger charge is 2.42. The lowest BCUT2D eigenvalue weighted by atomic mass is 9.78. The molecular formula is C51H69F6N15O6. The summed E-state index contributed by atoms with van der Waals surface area (Å²) in [6, 6.07) is 4.10. The number of halogens is 6. The molecule has 0 spiro atoms. The maximum atomic E-state index is 13.3. The second-order valence-corrected chi connectivity index (χ2v) is 23.7. The lowest BCUT2D eigenvalue weighted by Gasteiger charge is -2.41. The number of piperidine rings is 3. The van der Waals surface area contributed by atoms with Gasteiger partial charge in [-0.1, -0.05) is 20.8 Å². The lowest BCUT2D eigenvalue weighted by molar-refractivity contribution is 0.0133. The van der Waals surface area contributed by atoms with Crippen LogP contribution in [-0.2, 0) is 30.5 Å². The number of carbonyl (C=O) groups excluding carboxylic acids is 3. The third-order valence-corrected chi connectivity index (χ3v) is 13.4. The third kappa shape index (κ3) is 13.8. The van der Waals surface area contributed by atoms with Crippen LogP contribution in [0.5, 0.6) is 0 Å². The number of rotatable bonds is 6. The Morgan fingerprint density at radius 1 is 0.462 bits per heavy atom. The molecule has 0 bridgehead atoms. The van der Waals surface area contributed by atoms with Gasteiger partial charge in [0.1, 0.15) is 52.9 Å². The molecule has 3 fully saturated rings. The zero-order valence-corrected chi connectivity index (χ0v) is 46.1. The molecule has 9 heterocycles. The van der Waals surface area contributed by atoms with Crippen molar-refractivity contribution in [3.63, 3.8) is 0 Å². The molecule has 0 saturated carbocycles. The topological polar surface area (TPSA) is 218 Å². The number of amides is 3. The van der Waals surface area contributed by atoms with Gasteiger partial charge in [-0.2, -0.15) is 30.2 Å². The van der Waals surface area contributed by atoms with Crippen molar-refractivity contribution in [3.05, 3.63) is 71.3 Å². The molecule has 78 heavy (non-hydrogen) atoms. The van der Waals surface area contributed by atoms with Gasteiger partial charge >= 0.3 is 18.3 Å². The summed E-state index contributed by atoms with van der Waals surface area (Å²) in [4.78, 5) is 65.7. The smallest absolute Gasteiger partial charge is 0.410 e. The predicted octanol–water partition coefficient (Wildman–Crippen LogP) is 10.1. The Labute approximate surface area is 447 Å². The minimum absolute atomic E-state index is 0.133. The highest BCUT2D eigenvalue weighted by molar-refractivity contribution is 5.69. The van der Waals surface area contributed by atoms with Crippen molar-refractivity contribution in [3.8, 4) is 0 Å². The number of fused-ring (bicyclic) bond motifs is 3. The van der Waals surface area contributed by atoms with Crippen molar-refractivity contribution in [1.82, 2.24) is 73.4 Å². The standard InChI is InChI=1S/3C17H23F2N5O2/c3*1-16(2,3)26-15(25)23-7-5-6-17(4,9-23)12-8-11(13(18)19)22-14-20-10-21-24(12)14/h3*8,10,13H,5-7,9H2,1-4H3/t2*17-;/m10./s1. The maximum Gasteiger partial charge on any atom is 0.410 e. The van der Waals surface area contributed by atoms with Crippen molar-refractivity contribution in [1.29, 1.82) is 0 Å². The molecule has 3 aliphatic heterocycles. The van der Waals surface area contributed by atoms with E-state index in [1.54, 1.807) is 14.7 Å². The second kappa shape index (κ2) is 22.4. The zero-order valence-electron chi connectivity index (χ0n) is 46.1. The first kappa shape index (κ1) is 58.7. The SMILES string of the molecule is CC(C)(C)OC(=O)N1CCCC(C)(c2cc(C(F)F)nc3ncnn23)C1.CC(C)(C)OC(=O)N1CCC[C@@](C)(c2cc(C(F)F)nc3ncnn23)C1.CC(C)(C)OC(=O)N1CCC[C@](C)(c2cc(C(F)F)nc3ncnn23)C1. The fourth-order valence-corrected chi connectivity index (χ4v) is 9.91. The molecular weight excluding hydrogens is 1030 g/mol. The summed E-state index contributed by atoms with van der Waals surface area (Å²) in [6.07, 6.45) is -1.05. The summed E-state index contributed by atoms with van der Waals surface area (Å²) in [5.41, 5.74) is -2.76. The summed E-state index contributed by atoms with van der Waals surface area (Å²) >= 11 is 0. The number of aromatic nitrogens is 12. The van der Waals surface area contributed by atoms with Crippen molar-refractivity contribution < 1.29 is 54.9 Å². The van der Waals surface area contributed by atoms with E-state index in [2.05, 4.69) is 45.2 Å². The number of nitrogens with zero attached hydrogens (tertiary/aromatic N) is 15. The number of carbonyl (C=O) groups is 3. The van der Waals surface area contributed by atoms with E-state index in [0.29, 0.717) is 56.4 Å². The van der Waals surface area contributed by atoms with Crippen molar-refractivity contribution in [2.24, 2.45) is 0 Å². The first-order valence-corrected chi connectivity index (χ1v) is 25.7. The van der Waals surface area contributed by atoms with E-state index in [1.165, 1.54) is 50.7 Å². The molecule has 0 aromatic carbocycles. The Kier molecular flexibility index (Phi) is 16.9. The van der Waals surface area contributed by atoms with E-state index in [9.17, 15) is 40.7 Å². The summed E-state index contributed by atoms with van der Waals surface area (Å²) < 4.78 is 100. The van der Waals surface area contributed by atoms with Crippen LogP contribution in [0.15, 0.2) is 37.2 Å². The molecule has 21 nitrogen and oxygen atoms in total. The van der Waals surface area contributed by atoms with Crippen LogP contribution in [0.4, 0.5) is 40.7 Å². The van der Waals surface area contributed by atoms with Gasteiger partial charge in [0.05, 0.1) is 17.1 Å². The number of hydrogen-bond acceptors (Lipinski definition) is 15. The van der Waals surface area contributed by atoms with E-state index < -0.39 is 70.6 Å². The van der Waals surface area contributed by atoms with E-state index in [1.807, 2.05) is 83.1 Å². The third-order valence-electron chi connectivity index (χ3n) is 13.4. The number of ether oxygens (including phenoxy) is 3. The van der Waals surface area contributed by atoms with Crippen LogP contribution in [0.25, 0.3) is 17.3 Å².